The van der Waals surface area contributed by atoms with E-state index in [0.717, 1.165) is 78.5 Å². The van der Waals surface area contributed by atoms with Crippen molar-refractivity contribution < 1.29 is 93.9 Å². The first-order valence-electron chi connectivity index (χ1n) is 32.5. The molecular weight excluding hydrogens is 7430 g/mol. The number of halogens is 52. The maximum absolute atomic E-state index is 11.5. The van der Waals surface area contributed by atoms with Gasteiger partial charge in [0.15, 0.2) is 0 Å². The molecule has 4 aliphatic rings. The minimum atomic E-state index is -1.08. The van der Waals surface area contributed by atoms with Crippen LogP contribution in [0.25, 0.3) is 0 Å². The molecule has 792 valence electrons. The summed E-state index contributed by atoms with van der Waals surface area (Å²) < 4.78 is 28.1. The summed E-state index contributed by atoms with van der Waals surface area (Å²) in [4.78, 5) is 84.7. The molecule has 3 amide bonds. The third kappa shape index (κ3) is 78.5. The van der Waals surface area contributed by atoms with Crippen molar-refractivity contribution in [2.24, 2.45) is 0 Å². The molecule has 130 heavy (non-hydrogen) atoms. The molecule has 2 aromatic heterocycles. The van der Waals surface area contributed by atoms with E-state index >= 15 is 0 Å². The van der Waals surface area contributed by atoms with E-state index in [4.69, 9.17) is 40.8 Å². The van der Waals surface area contributed by atoms with Crippen molar-refractivity contribution >= 4 is 744 Å². The number of piperazine rings is 4. The van der Waals surface area contributed by atoms with E-state index in [2.05, 4.69) is 627 Å². The van der Waals surface area contributed by atoms with Crippen LogP contribution in [0.5, 0.6) is 11.8 Å². The molecular formula is C54H76Cl2I50N10O14-2. The van der Waals surface area contributed by atoms with Gasteiger partial charge in [-0.3, -0.25) is 9.80 Å². The van der Waals surface area contributed by atoms with E-state index in [1.54, 1.807) is 34.6 Å². The Labute approximate surface area is 1140 Å². The van der Waals surface area contributed by atoms with Crippen molar-refractivity contribution in [2.45, 2.75) is 26.9 Å². The first-order valence-corrected chi connectivity index (χ1v) is 322. The van der Waals surface area contributed by atoms with E-state index < -0.39 is 41.1 Å². The van der Waals surface area contributed by atoms with Crippen LogP contribution in [0.4, 0.5) is 25.0 Å². The third-order valence-electron chi connectivity index (χ3n) is 13.3. The fourth-order valence-corrected chi connectivity index (χ4v) is 5460. The van der Waals surface area contributed by atoms with Crippen LogP contribution in [0.15, 0.2) is 84.9 Å². The van der Waals surface area contributed by atoms with Crippen LogP contribution in [0, 0.1) is 0 Å². The molecule has 8 rings (SSSR count). The van der Waals surface area contributed by atoms with Gasteiger partial charge in [0.1, 0.15) is 22.1 Å². The largest absolute Gasteiger partial charge is 0.314 e. The van der Waals surface area contributed by atoms with Gasteiger partial charge in [0, 0.05) is 129 Å². The number of rotatable bonds is 29. The zero-order valence-electron chi connectivity index (χ0n) is 65.3. The number of carboxylic acid groups (broad SMARTS) is 2. The molecule has 4 N–H and O–H groups in total. The quantitative estimate of drug-likeness (QED) is 0.0170. The summed E-state index contributed by atoms with van der Waals surface area (Å²) in [5, 5.41) is 24.6. The van der Waals surface area contributed by atoms with E-state index in [1.807, 2.05) is 11.0 Å². The molecule has 4 fully saturated rings. The van der Waals surface area contributed by atoms with Crippen molar-refractivity contribution in [2.75, 3.05) is 151 Å². The van der Waals surface area contributed by atoms with Gasteiger partial charge in [-0.15, -0.1) is 0 Å². The van der Waals surface area contributed by atoms with Crippen molar-refractivity contribution in [1.82, 2.24) is 45.1 Å². The Bertz CT molecular complexity index is 3680. The van der Waals surface area contributed by atoms with E-state index in [-0.39, 0.29) is 181 Å². The summed E-state index contributed by atoms with van der Waals surface area (Å²) in [5.41, 5.74) is 2.03. The Morgan fingerprint density at radius 1 is 0.377 bits per heavy atom. The number of carbonyl (C=O) groups excluding carboxylic acids is 4. The van der Waals surface area contributed by atoms with Gasteiger partial charge < -0.3 is 68.9 Å². The van der Waals surface area contributed by atoms with E-state index in [1.165, 1.54) is 70.9 Å². The first-order chi connectivity index (χ1) is 61.1. The molecule has 4 aromatic rings. The molecule has 0 unspecified atom stereocenters. The van der Waals surface area contributed by atoms with Crippen molar-refractivity contribution in [3.8, 4) is 11.8 Å². The fourth-order valence-electron chi connectivity index (χ4n) is 8.24. The number of pyridine rings is 2. The number of ether oxygens (including phenoxy) is 6. The molecule has 76 heteroatoms. The fraction of sp³-hybridized carbons (Fsp3) is 0.481. The number of anilines is 1. The number of methoxy groups -OCH3 is 4. The number of aromatic carboxylic acids is 2. The van der Waals surface area contributed by atoms with Crippen LogP contribution in [0.1, 0.15) is 45.7 Å². The van der Waals surface area contributed by atoms with Gasteiger partial charge in [-0.05, 0) is 49.2 Å². The topological polar surface area (TPSA) is 268 Å². The molecule has 4 saturated heterocycles. The zero-order valence-corrected chi connectivity index (χ0v) is 175. The maximum Gasteiger partial charge on any atom is 0.0234 e. The summed E-state index contributed by atoms with van der Waals surface area (Å²) in [7, 11) is -1.26. The van der Waals surface area contributed by atoms with Crippen molar-refractivity contribution in [3.63, 3.8) is 0 Å². The Morgan fingerprint density at radius 2 is 0.662 bits per heavy atom. The number of amides is 3. The van der Waals surface area contributed by atoms with Gasteiger partial charge in [0.05, 0.1) is 41.7 Å². The predicted octanol–water partition coefficient (Wildman–Crippen LogP) is 42.7. The van der Waals surface area contributed by atoms with Crippen molar-refractivity contribution in [3.05, 3.63) is 112 Å². The Balaban J connectivity index is 0. The summed E-state index contributed by atoms with van der Waals surface area (Å²) in [5.74, 6) is -1.34. The molecule has 0 radical (unpaired) electrons. The SMILES string of the molecule is CCOc1nc(Cl)ccc1C(=O)O.CCOc1nc(N2CCN(C(=O)OC)CC2)ccc1C(=O)O.COC(=O)Cl.COC(=O)N1CCN(Cc2ccccc2)CC1.COC(=O)N1CCNCC1.II(I)I(I)I(I)I.II(I)I(I)I(I)I(I)I(I)I(I)I.I[I-]I(I)I(I)I(I)I(I)I(I)I.I[I-]I(I)I(I)I(I)I(I)I(I)I(I)I.c1ccc(CN2CCNCC2)cc1. The number of aromatic nitrogens is 2. The number of hydrogen-bond acceptors (Lipinski definition) is 19. The average Bonchev–Trinajstić information content (AvgIpc) is 0.815. The van der Waals surface area contributed by atoms with Gasteiger partial charge in [-0.25, -0.2) is 33.8 Å². The molecule has 0 aliphatic carbocycles. The second-order valence-corrected chi connectivity index (χ2v) is 1030. The molecule has 0 saturated carbocycles. The summed E-state index contributed by atoms with van der Waals surface area (Å²) in [6, 6.07) is 27.0. The van der Waals surface area contributed by atoms with Crippen LogP contribution in [-0.4, -0.2) is 227 Å². The third-order valence-corrected chi connectivity index (χ3v) is 2820. The Morgan fingerprint density at radius 3 is 0.954 bits per heavy atom. The maximum atomic E-state index is 11.5. The normalized spacial score (nSPS) is 15.7. The van der Waals surface area contributed by atoms with Gasteiger partial charge in [0.25, 0.3) is 0 Å². The van der Waals surface area contributed by atoms with Crippen LogP contribution < -0.4 is 51.5 Å². The first kappa shape index (κ1) is 161. The number of nitrogens with one attached hydrogen (secondary N) is 2. The Hall–Kier alpha value is 29.3. The molecule has 0 bridgehead atoms. The molecule has 6 heterocycles. The van der Waals surface area contributed by atoms with Crippen LogP contribution in [-0.2, 0) is 32.0 Å². The molecule has 4 aliphatic heterocycles. The number of hydrogen-bond donors (Lipinski definition) is 4. The summed E-state index contributed by atoms with van der Waals surface area (Å²) >= 11 is 92.5. The molecule has 24 nitrogen and oxygen atoms in total. The van der Waals surface area contributed by atoms with E-state index in [0.29, 0.717) is 71.7 Å². The monoisotopic (exact) mass is 7500 g/mol. The van der Waals surface area contributed by atoms with Gasteiger partial charge >= 0.3 is 741 Å². The van der Waals surface area contributed by atoms with Crippen LogP contribution in [0.2, 0.25) is 5.15 Å². The molecule has 0 atom stereocenters. The minimum absolute atomic E-state index is 0.0197. The number of benzene rings is 2. The van der Waals surface area contributed by atoms with Crippen LogP contribution >= 0.6 is 702 Å². The van der Waals surface area contributed by atoms with Gasteiger partial charge in [0.2, 0.25) is 11.8 Å². The standard InChI is InChI=1S/C14H19N3O5.C13H18N2O2.C11H16N2.C8H8ClNO3.C6H12N2O2.C2H3ClO2.I15.I14.I13.I8/c1-3-22-12-10(13(18)19)4-5-11(15-12)16-6-8-17(9-7-16)14(20)21-2;1-17-13(16)15-9-7-14(8-10-15)11-12-5-3-2-4-6-12;1-2-4-11(5-3-1)10-13-8-6-12-7-9-13;1-2-13-7-5(8(11)12)3-4-6(9)10-7;1-10-6(9)8-4-2-7-3-5-8;1-5-2(3)4;1-9-11(4)13(6)15(8)14(7)12(5)10(2)3;1-9(2)11(5)13(7)14(8)12(6)10(3)4;1-8-10(4)12(6)13(7)11(5)9(2)3;1-6(2)8(5)7(3)4/h4-5H,3,6-9H2,1-2H3,(H,18,19);2-6H,7-11H2,1H3;1-5,12H,6-10H2;3-4H,2H2,1H3,(H,11,12);7H,2-5H2,1H3;1H3;;;;/q;;;;;;-1;;-1;. The number of carboxylic acids is 2. The summed E-state index contributed by atoms with van der Waals surface area (Å²) in [6.45, 7) is 19.7. The van der Waals surface area contributed by atoms with Gasteiger partial charge in [-0.2, -0.15) is 4.98 Å². The zero-order chi connectivity index (χ0) is 99.6. The van der Waals surface area contributed by atoms with E-state index in [9.17, 15) is 28.8 Å². The van der Waals surface area contributed by atoms with Crippen LogP contribution in [0.3, 0.4) is 0 Å². The van der Waals surface area contributed by atoms with Gasteiger partial charge in [-0.1, -0.05) is 72.3 Å². The molecule has 0 spiro atoms. The smallest absolute Gasteiger partial charge is 0.0234 e. The summed E-state index contributed by atoms with van der Waals surface area (Å²) in [6.07, 6.45) is -0.783. The minimum Gasteiger partial charge on any atom is -0.314 e. The predicted molar refractivity (Wildman–Crippen MR) is 974 cm³/mol. The number of nitrogens with zero attached hydrogens (tertiary/aromatic N) is 8. The number of carbonyl (C=O) groups is 6. The van der Waals surface area contributed by atoms with Crippen molar-refractivity contribution in [1.29, 1.82) is 0 Å². The second kappa shape index (κ2) is 103. The average molecular weight is 7510 g/mol. The molecule has 2 aromatic carbocycles. The Kier molecular flexibility index (Phi) is 127. The second-order valence-electron chi connectivity index (χ2n) is 20.7.